The number of rotatable bonds is 11. The zero-order valence-corrected chi connectivity index (χ0v) is 21.5. The third kappa shape index (κ3) is 5.83. The third-order valence-electron chi connectivity index (χ3n) is 7.00. The average molecular weight is 493 g/mol. The summed E-state index contributed by atoms with van der Waals surface area (Å²) in [5.74, 6) is -0.207. The third-order valence-corrected chi connectivity index (χ3v) is 7.00. The fourth-order valence-corrected chi connectivity index (χ4v) is 5.06. The van der Waals surface area contributed by atoms with Gasteiger partial charge in [-0.15, -0.1) is 5.10 Å². The number of carboxylic acid groups (broad SMARTS) is 1. The van der Waals surface area contributed by atoms with E-state index in [4.69, 9.17) is 10.1 Å². The summed E-state index contributed by atoms with van der Waals surface area (Å²) in [6.45, 7) is 6.50. The van der Waals surface area contributed by atoms with Gasteiger partial charge in [-0.05, 0) is 55.7 Å². The van der Waals surface area contributed by atoms with E-state index in [0.717, 1.165) is 79.9 Å². The Hall–Kier alpha value is -3.49. The van der Waals surface area contributed by atoms with Crippen LogP contribution in [-0.4, -0.2) is 48.7 Å². The van der Waals surface area contributed by atoms with Gasteiger partial charge in [-0.25, -0.2) is 9.67 Å². The highest BCUT2D eigenvalue weighted by atomic mass is 16.4. The molecule has 0 unspecified atom stereocenters. The zero-order chi connectivity index (χ0) is 25.7. The fraction of sp³-hybridized carbons (Fsp3) is 0.519. The van der Waals surface area contributed by atoms with Gasteiger partial charge in [-0.1, -0.05) is 31.5 Å². The van der Waals surface area contributed by atoms with Crippen LogP contribution in [-0.2, 0) is 31.2 Å². The maximum Gasteiger partial charge on any atom is 0.303 e. The Labute approximate surface area is 211 Å². The van der Waals surface area contributed by atoms with Crippen LogP contribution in [0.4, 0.5) is 5.69 Å². The molecule has 9 heteroatoms. The van der Waals surface area contributed by atoms with Crippen molar-refractivity contribution in [2.45, 2.75) is 65.3 Å². The second kappa shape index (κ2) is 11.5. The minimum atomic E-state index is -0.722. The van der Waals surface area contributed by atoms with Gasteiger partial charge in [-0.3, -0.25) is 9.59 Å². The van der Waals surface area contributed by atoms with E-state index in [9.17, 15) is 9.59 Å². The first-order chi connectivity index (χ1) is 17.4. The lowest BCUT2D eigenvalue weighted by Gasteiger charge is -2.22. The monoisotopic (exact) mass is 492 g/mol. The lowest BCUT2D eigenvalue weighted by Crippen LogP contribution is -2.22. The normalized spacial score (nSPS) is 15.5. The SMILES string of the molecule is CCCc1ccc(=O)n(Cc2c(-c3ccc(N4CC[C@H](CCCC(=O)O)C4)c(CC)n3)nnn2C)c1. The van der Waals surface area contributed by atoms with E-state index in [1.807, 2.05) is 25.4 Å². The lowest BCUT2D eigenvalue weighted by atomic mass is 10.0. The summed E-state index contributed by atoms with van der Waals surface area (Å²) in [6, 6.07) is 7.64. The van der Waals surface area contributed by atoms with Gasteiger partial charge in [0.1, 0.15) is 5.69 Å². The van der Waals surface area contributed by atoms with Crippen molar-refractivity contribution in [3.63, 3.8) is 0 Å². The molecule has 1 atom stereocenters. The molecule has 36 heavy (non-hydrogen) atoms. The smallest absolute Gasteiger partial charge is 0.303 e. The van der Waals surface area contributed by atoms with Gasteiger partial charge in [-0.2, -0.15) is 0 Å². The molecule has 1 aliphatic rings. The largest absolute Gasteiger partial charge is 0.481 e. The maximum atomic E-state index is 12.5. The van der Waals surface area contributed by atoms with Crippen molar-refractivity contribution in [2.75, 3.05) is 18.0 Å². The van der Waals surface area contributed by atoms with Gasteiger partial charge >= 0.3 is 5.97 Å². The number of anilines is 1. The van der Waals surface area contributed by atoms with Crippen molar-refractivity contribution in [2.24, 2.45) is 13.0 Å². The molecule has 0 saturated carbocycles. The number of carboxylic acids is 1. The molecule has 9 nitrogen and oxygen atoms in total. The molecular formula is C27H36N6O3. The predicted octanol–water partition coefficient (Wildman–Crippen LogP) is 3.68. The maximum absolute atomic E-state index is 12.5. The van der Waals surface area contributed by atoms with Gasteiger partial charge < -0.3 is 14.6 Å². The first-order valence-electron chi connectivity index (χ1n) is 12.9. The minimum Gasteiger partial charge on any atom is -0.481 e. The Morgan fingerprint density at radius 2 is 2.03 bits per heavy atom. The van der Waals surface area contributed by atoms with Crippen molar-refractivity contribution in [3.05, 3.63) is 57.8 Å². The average Bonchev–Trinajstić information content (AvgIpc) is 3.47. The molecule has 192 valence electrons. The molecule has 3 aromatic heterocycles. The van der Waals surface area contributed by atoms with Crippen molar-refractivity contribution in [3.8, 4) is 11.4 Å². The molecule has 1 saturated heterocycles. The van der Waals surface area contributed by atoms with E-state index in [1.165, 1.54) is 0 Å². The number of hydrogen-bond donors (Lipinski definition) is 1. The topological polar surface area (TPSA) is 106 Å². The fourth-order valence-electron chi connectivity index (χ4n) is 5.06. The Morgan fingerprint density at radius 1 is 1.19 bits per heavy atom. The lowest BCUT2D eigenvalue weighted by molar-refractivity contribution is -0.137. The van der Waals surface area contributed by atoms with Gasteiger partial charge in [0.05, 0.1) is 29.3 Å². The van der Waals surface area contributed by atoms with Crippen LogP contribution in [0.1, 0.15) is 62.9 Å². The van der Waals surface area contributed by atoms with E-state index < -0.39 is 5.97 Å². The number of nitrogens with zero attached hydrogens (tertiary/aromatic N) is 6. The van der Waals surface area contributed by atoms with Crippen LogP contribution in [0.2, 0.25) is 0 Å². The number of aromatic nitrogens is 5. The van der Waals surface area contributed by atoms with Crippen molar-refractivity contribution < 1.29 is 9.90 Å². The highest BCUT2D eigenvalue weighted by Gasteiger charge is 2.25. The molecule has 4 heterocycles. The zero-order valence-electron chi connectivity index (χ0n) is 21.5. The van der Waals surface area contributed by atoms with Crippen LogP contribution in [0.3, 0.4) is 0 Å². The highest BCUT2D eigenvalue weighted by Crippen LogP contribution is 2.31. The molecular weight excluding hydrogens is 456 g/mol. The van der Waals surface area contributed by atoms with Crippen molar-refractivity contribution in [1.82, 2.24) is 24.5 Å². The molecule has 3 aromatic rings. The van der Waals surface area contributed by atoms with Crippen molar-refractivity contribution in [1.29, 1.82) is 0 Å². The Balaban J connectivity index is 1.55. The van der Waals surface area contributed by atoms with Crippen LogP contribution in [0.15, 0.2) is 35.3 Å². The number of aryl methyl sites for hydroxylation is 3. The molecule has 1 fully saturated rings. The molecule has 1 aliphatic heterocycles. The summed E-state index contributed by atoms with van der Waals surface area (Å²) >= 11 is 0. The van der Waals surface area contributed by atoms with E-state index in [-0.39, 0.29) is 12.0 Å². The Kier molecular flexibility index (Phi) is 8.18. The summed E-state index contributed by atoms with van der Waals surface area (Å²) < 4.78 is 3.44. The molecule has 0 aromatic carbocycles. The van der Waals surface area contributed by atoms with E-state index >= 15 is 0 Å². The van der Waals surface area contributed by atoms with Crippen LogP contribution in [0, 0.1) is 5.92 Å². The van der Waals surface area contributed by atoms with Gasteiger partial charge in [0.25, 0.3) is 5.56 Å². The summed E-state index contributed by atoms with van der Waals surface area (Å²) in [5.41, 5.74) is 5.53. The molecule has 0 bridgehead atoms. The molecule has 0 radical (unpaired) electrons. The van der Waals surface area contributed by atoms with Crippen molar-refractivity contribution >= 4 is 11.7 Å². The van der Waals surface area contributed by atoms with Gasteiger partial charge in [0.2, 0.25) is 0 Å². The van der Waals surface area contributed by atoms with Gasteiger partial charge in [0, 0.05) is 38.8 Å². The number of hydrogen-bond acceptors (Lipinski definition) is 6. The summed E-state index contributed by atoms with van der Waals surface area (Å²) in [4.78, 5) is 30.7. The predicted molar refractivity (Wildman–Crippen MR) is 139 cm³/mol. The minimum absolute atomic E-state index is 0.0495. The molecule has 0 spiro atoms. The highest BCUT2D eigenvalue weighted by molar-refractivity contribution is 5.66. The molecule has 4 rings (SSSR count). The molecule has 0 amide bonds. The number of carbonyl (C=O) groups is 1. The quantitative estimate of drug-likeness (QED) is 0.435. The number of aliphatic carboxylic acids is 1. The molecule has 0 aliphatic carbocycles. The van der Waals surface area contributed by atoms with E-state index in [1.54, 1.807) is 15.3 Å². The standard InChI is InChI=1S/C27H36N6O3/c1-4-7-19-10-13-25(34)33(17-19)18-24-27(29-30-31(24)3)22-11-12-23(21(5-2)28-22)32-15-14-20(16-32)8-6-9-26(35)36/h10-13,17,20H,4-9,14-16,18H2,1-3H3,(H,35,36)/t20-/m0/s1. The second-order valence-electron chi connectivity index (χ2n) is 9.66. The van der Waals surface area contributed by atoms with Gasteiger partial charge in [0.15, 0.2) is 0 Å². The second-order valence-corrected chi connectivity index (χ2v) is 9.66. The summed E-state index contributed by atoms with van der Waals surface area (Å²) in [5, 5.41) is 17.6. The summed E-state index contributed by atoms with van der Waals surface area (Å²) in [6.07, 6.45) is 7.65. The van der Waals surface area contributed by atoms with Crippen LogP contribution in [0.5, 0.6) is 0 Å². The Bertz CT molecular complexity index is 1260. The first kappa shape index (κ1) is 25.6. The molecule has 1 N–H and O–H groups in total. The van der Waals surface area contributed by atoms with E-state index in [2.05, 4.69) is 35.1 Å². The summed E-state index contributed by atoms with van der Waals surface area (Å²) in [7, 11) is 1.84. The van der Waals surface area contributed by atoms with Crippen LogP contribution < -0.4 is 10.5 Å². The first-order valence-corrected chi connectivity index (χ1v) is 12.9. The van der Waals surface area contributed by atoms with E-state index in [0.29, 0.717) is 18.2 Å². The van der Waals surface area contributed by atoms with Crippen LogP contribution >= 0.6 is 0 Å². The number of pyridine rings is 2. The van der Waals surface area contributed by atoms with Crippen LogP contribution in [0.25, 0.3) is 11.4 Å². The Morgan fingerprint density at radius 3 is 2.78 bits per heavy atom.